The number of fused-ring (bicyclic) bond motifs is 1. The highest BCUT2D eigenvalue weighted by atomic mass is 16.5. The van der Waals surface area contributed by atoms with Gasteiger partial charge in [-0.1, -0.05) is 0 Å². The predicted molar refractivity (Wildman–Crippen MR) is 95.1 cm³/mol. The molecule has 0 spiro atoms. The smallest absolute Gasteiger partial charge is 0.191 e. The summed E-state index contributed by atoms with van der Waals surface area (Å²) < 4.78 is 7.09. The molecule has 136 valence electrons. The summed E-state index contributed by atoms with van der Waals surface area (Å²) in [6.45, 7) is 7.51. The fourth-order valence-corrected chi connectivity index (χ4v) is 2.67. The molecule has 0 aliphatic carbocycles. The number of nitrogens with zero attached hydrogens (tertiary/aromatic N) is 5. The van der Waals surface area contributed by atoms with Crippen molar-refractivity contribution in [2.45, 2.75) is 51.9 Å². The van der Waals surface area contributed by atoms with Crippen LogP contribution in [0, 0.1) is 0 Å². The van der Waals surface area contributed by atoms with Crippen molar-refractivity contribution in [1.29, 1.82) is 0 Å². The van der Waals surface area contributed by atoms with E-state index >= 15 is 0 Å². The van der Waals surface area contributed by atoms with E-state index in [1.54, 1.807) is 7.11 Å². The molecule has 0 saturated carbocycles. The van der Waals surface area contributed by atoms with Crippen molar-refractivity contribution in [3.05, 3.63) is 11.6 Å². The Kier molecular flexibility index (Phi) is 6.99. The van der Waals surface area contributed by atoms with Crippen molar-refractivity contribution in [3.8, 4) is 0 Å². The molecule has 0 saturated heterocycles. The lowest BCUT2D eigenvalue weighted by Gasteiger charge is -2.26. The third-order valence-electron chi connectivity index (χ3n) is 4.38. The predicted octanol–water partition coefficient (Wildman–Crippen LogP) is 0.245. The number of ether oxygens (including phenoxy) is 1. The molecule has 1 aliphatic heterocycles. The number of methoxy groups -OCH3 is 1. The lowest BCUT2D eigenvalue weighted by Crippen LogP contribution is -2.48. The number of guanidine groups is 1. The molecule has 1 unspecified atom stereocenters. The number of aromatic nitrogens is 3. The zero-order valence-electron chi connectivity index (χ0n) is 15.5. The van der Waals surface area contributed by atoms with Crippen LogP contribution in [0.4, 0.5) is 0 Å². The molecule has 2 rings (SSSR count). The Morgan fingerprint density at radius 1 is 1.50 bits per heavy atom. The Balaban J connectivity index is 1.81. The van der Waals surface area contributed by atoms with Gasteiger partial charge in [0.25, 0.3) is 0 Å². The van der Waals surface area contributed by atoms with Gasteiger partial charge in [-0.25, -0.2) is 9.67 Å². The second kappa shape index (κ2) is 8.98. The standard InChI is InChI=1S/C16H31N7O/c1-12(2)22(4)9-8-18-16(17-3)19-13-6-7-15-20-14(11-24-5)21-23(15)10-13/h12-13H,6-11H2,1-5H3,(H2,17,18,19). The molecule has 1 atom stereocenters. The van der Waals surface area contributed by atoms with Crippen molar-refractivity contribution >= 4 is 5.96 Å². The Hall–Kier alpha value is -1.67. The minimum atomic E-state index is 0.309. The van der Waals surface area contributed by atoms with Crippen LogP contribution in [0.2, 0.25) is 0 Å². The highest BCUT2D eigenvalue weighted by Crippen LogP contribution is 2.13. The highest BCUT2D eigenvalue weighted by molar-refractivity contribution is 5.79. The van der Waals surface area contributed by atoms with Crippen LogP contribution in [0.1, 0.15) is 31.9 Å². The largest absolute Gasteiger partial charge is 0.377 e. The molecule has 2 N–H and O–H groups in total. The van der Waals surface area contributed by atoms with Gasteiger partial charge in [-0.15, -0.1) is 0 Å². The van der Waals surface area contributed by atoms with Crippen LogP contribution in [0.5, 0.6) is 0 Å². The molecule has 1 aliphatic rings. The van der Waals surface area contributed by atoms with Gasteiger partial charge in [0.1, 0.15) is 12.4 Å². The number of likely N-dealkylation sites (N-methyl/N-ethyl adjacent to an activating group) is 1. The molecule has 2 heterocycles. The first-order valence-electron chi connectivity index (χ1n) is 8.62. The van der Waals surface area contributed by atoms with Crippen molar-refractivity contribution in [3.63, 3.8) is 0 Å². The average Bonchev–Trinajstić information content (AvgIpc) is 2.95. The molecular formula is C16H31N7O. The molecule has 0 radical (unpaired) electrons. The summed E-state index contributed by atoms with van der Waals surface area (Å²) in [4.78, 5) is 11.1. The molecule has 0 amide bonds. The number of nitrogens with one attached hydrogen (secondary N) is 2. The maximum atomic E-state index is 5.11. The number of aliphatic imine (C=N–C) groups is 1. The Labute approximate surface area is 144 Å². The Morgan fingerprint density at radius 3 is 2.96 bits per heavy atom. The van der Waals surface area contributed by atoms with E-state index in [-0.39, 0.29) is 0 Å². The average molecular weight is 337 g/mol. The van der Waals surface area contributed by atoms with Crippen LogP contribution in [0.25, 0.3) is 0 Å². The van der Waals surface area contributed by atoms with E-state index in [1.807, 2.05) is 11.7 Å². The molecule has 8 nitrogen and oxygen atoms in total. The van der Waals surface area contributed by atoms with E-state index < -0.39 is 0 Å². The quantitative estimate of drug-likeness (QED) is 0.548. The zero-order chi connectivity index (χ0) is 17.5. The maximum Gasteiger partial charge on any atom is 0.191 e. The van der Waals surface area contributed by atoms with Gasteiger partial charge in [-0.3, -0.25) is 4.99 Å². The number of hydrogen-bond acceptors (Lipinski definition) is 5. The lowest BCUT2D eigenvalue weighted by molar-refractivity contribution is 0.177. The van der Waals surface area contributed by atoms with Gasteiger partial charge in [0, 0.05) is 45.8 Å². The summed E-state index contributed by atoms with van der Waals surface area (Å²) in [5.74, 6) is 2.65. The van der Waals surface area contributed by atoms with E-state index in [9.17, 15) is 0 Å². The van der Waals surface area contributed by atoms with Gasteiger partial charge in [-0.05, 0) is 27.3 Å². The van der Waals surface area contributed by atoms with Crippen LogP contribution in [-0.4, -0.2) is 72.0 Å². The summed E-state index contributed by atoms with van der Waals surface area (Å²) in [5.41, 5.74) is 0. The van der Waals surface area contributed by atoms with E-state index in [4.69, 9.17) is 4.74 Å². The minimum Gasteiger partial charge on any atom is -0.377 e. The molecule has 1 aromatic rings. The second-order valence-corrected chi connectivity index (χ2v) is 6.51. The van der Waals surface area contributed by atoms with Crippen LogP contribution >= 0.6 is 0 Å². The van der Waals surface area contributed by atoms with E-state index in [2.05, 4.69) is 51.5 Å². The monoisotopic (exact) mass is 337 g/mol. The Morgan fingerprint density at radius 2 is 2.29 bits per heavy atom. The first kappa shape index (κ1) is 18.7. The normalized spacial score (nSPS) is 18.1. The van der Waals surface area contributed by atoms with Crippen molar-refractivity contribution in [2.24, 2.45) is 4.99 Å². The summed E-state index contributed by atoms with van der Waals surface area (Å²) in [6, 6.07) is 0.857. The first-order chi connectivity index (χ1) is 11.5. The molecule has 24 heavy (non-hydrogen) atoms. The van der Waals surface area contributed by atoms with Gasteiger partial charge >= 0.3 is 0 Å². The molecule has 0 bridgehead atoms. The summed E-state index contributed by atoms with van der Waals surface area (Å²) in [5, 5.41) is 11.4. The van der Waals surface area contributed by atoms with Crippen molar-refractivity contribution in [1.82, 2.24) is 30.3 Å². The molecule has 0 aromatic carbocycles. The fraction of sp³-hybridized carbons (Fsp3) is 0.812. The third-order valence-corrected chi connectivity index (χ3v) is 4.38. The Bertz CT molecular complexity index is 541. The SMILES string of the molecule is CN=C(NCCN(C)C(C)C)NC1CCc2nc(COC)nn2C1. The number of rotatable bonds is 7. The van der Waals surface area contributed by atoms with Crippen LogP contribution in [-0.2, 0) is 24.3 Å². The summed E-state index contributed by atoms with van der Waals surface area (Å²) in [7, 11) is 5.60. The van der Waals surface area contributed by atoms with E-state index in [0.717, 1.165) is 50.1 Å². The lowest BCUT2D eigenvalue weighted by atomic mass is 10.1. The van der Waals surface area contributed by atoms with Crippen LogP contribution in [0.15, 0.2) is 4.99 Å². The van der Waals surface area contributed by atoms with Crippen LogP contribution < -0.4 is 10.6 Å². The van der Waals surface area contributed by atoms with Crippen LogP contribution in [0.3, 0.4) is 0 Å². The minimum absolute atomic E-state index is 0.309. The fourth-order valence-electron chi connectivity index (χ4n) is 2.67. The molecule has 1 aromatic heterocycles. The molecule has 8 heteroatoms. The van der Waals surface area contributed by atoms with Gasteiger partial charge in [0.15, 0.2) is 11.8 Å². The maximum absolute atomic E-state index is 5.11. The van der Waals surface area contributed by atoms with Gasteiger partial charge in [0.2, 0.25) is 0 Å². The van der Waals surface area contributed by atoms with Crippen molar-refractivity contribution < 1.29 is 4.74 Å². The first-order valence-corrected chi connectivity index (χ1v) is 8.62. The third kappa shape index (κ3) is 5.17. The number of aryl methyl sites for hydroxylation is 1. The molecular weight excluding hydrogens is 306 g/mol. The summed E-state index contributed by atoms with van der Waals surface area (Å²) in [6.07, 6.45) is 1.94. The van der Waals surface area contributed by atoms with Gasteiger partial charge < -0.3 is 20.3 Å². The molecule has 0 fully saturated rings. The zero-order valence-corrected chi connectivity index (χ0v) is 15.5. The van der Waals surface area contributed by atoms with Gasteiger partial charge in [-0.2, -0.15) is 5.10 Å². The van der Waals surface area contributed by atoms with E-state index in [0.29, 0.717) is 18.7 Å². The van der Waals surface area contributed by atoms with Gasteiger partial charge in [0.05, 0.1) is 6.54 Å². The second-order valence-electron chi connectivity index (χ2n) is 6.51. The van der Waals surface area contributed by atoms with E-state index in [1.165, 1.54) is 0 Å². The van der Waals surface area contributed by atoms with Crippen molar-refractivity contribution in [2.75, 3.05) is 34.3 Å². The summed E-state index contributed by atoms with van der Waals surface area (Å²) >= 11 is 0. The number of hydrogen-bond donors (Lipinski definition) is 2. The highest BCUT2D eigenvalue weighted by Gasteiger charge is 2.22. The topological polar surface area (TPSA) is 79.6 Å².